The molecule has 1 saturated heterocycles. The van der Waals surface area contributed by atoms with Gasteiger partial charge in [0, 0.05) is 0 Å². The molecular weight excluding hydrogens is 483 g/mol. The van der Waals surface area contributed by atoms with Crippen molar-refractivity contribution in [2.24, 2.45) is 0 Å². The van der Waals surface area contributed by atoms with Gasteiger partial charge in [-0.25, -0.2) is 4.57 Å². The second-order valence-electron chi connectivity index (χ2n) is 8.68. The first kappa shape index (κ1) is 26.7. The summed E-state index contributed by atoms with van der Waals surface area (Å²) in [6.45, 7) is 1.50. The first-order chi connectivity index (χ1) is 17.4. The van der Waals surface area contributed by atoms with Crippen LogP contribution in [0.1, 0.15) is 23.6 Å². The number of rotatable bonds is 12. The van der Waals surface area contributed by atoms with Gasteiger partial charge < -0.3 is 19.7 Å². The largest absolute Gasteiger partial charge is 0.475 e. The Morgan fingerprint density at radius 1 is 0.750 bits per heavy atom. The summed E-state index contributed by atoms with van der Waals surface area (Å²) in [6.07, 6.45) is -3.78. The molecule has 8 nitrogen and oxygen atoms in total. The summed E-state index contributed by atoms with van der Waals surface area (Å²) < 4.78 is 42.1. The number of hydrogen-bond donors (Lipinski definition) is 2. The molecule has 36 heavy (non-hydrogen) atoms. The van der Waals surface area contributed by atoms with E-state index in [1.165, 1.54) is 0 Å². The number of ether oxygens (including phenoxy) is 2. The van der Waals surface area contributed by atoms with Crippen molar-refractivity contribution in [1.82, 2.24) is 0 Å². The Balaban J connectivity index is 1.45. The number of benzene rings is 3. The summed E-state index contributed by atoms with van der Waals surface area (Å²) >= 11 is 0. The first-order valence-corrected chi connectivity index (χ1v) is 13.1. The van der Waals surface area contributed by atoms with Crippen molar-refractivity contribution in [1.29, 1.82) is 0 Å². The number of phosphoric acid groups is 1. The summed E-state index contributed by atoms with van der Waals surface area (Å²) in [5.74, 6) is 0. The molecule has 0 saturated carbocycles. The lowest BCUT2D eigenvalue weighted by Crippen LogP contribution is -2.49. The van der Waals surface area contributed by atoms with E-state index in [-0.39, 0.29) is 26.4 Å². The summed E-state index contributed by atoms with van der Waals surface area (Å²) in [4.78, 5) is 0. The molecule has 1 heterocycles. The summed E-state index contributed by atoms with van der Waals surface area (Å²) in [7, 11) is -4.07. The zero-order chi connectivity index (χ0) is 25.4. The molecule has 1 aliphatic heterocycles. The fourth-order valence-electron chi connectivity index (χ4n) is 3.77. The van der Waals surface area contributed by atoms with Crippen LogP contribution < -0.4 is 0 Å². The van der Waals surface area contributed by atoms with Crippen LogP contribution in [0.3, 0.4) is 0 Å². The predicted molar refractivity (Wildman–Crippen MR) is 133 cm³/mol. The van der Waals surface area contributed by atoms with Gasteiger partial charge in [-0.3, -0.25) is 13.6 Å². The topological polar surface area (TPSA) is 104 Å². The SMILES string of the molecule is C[C@@]1(OCc2ccccc2)[C@@H](COP(=O)(OCc2ccccc2)OCc2ccccc2)OC(O)[C@@H]1O. The molecule has 2 N–H and O–H groups in total. The fraction of sp³-hybridized carbons (Fsp3) is 0.333. The molecule has 3 aromatic rings. The molecule has 0 amide bonds. The van der Waals surface area contributed by atoms with Crippen LogP contribution in [-0.4, -0.2) is 40.9 Å². The average molecular weight is 515 g/mol. The summed E-state index contributed by atoms with van der Waals surface area (Å²) in [5.41, 5.74) is 1.14. The van der Waals surface area contributed by atoms with Gasteiger partial charge in [0.05, 0.1) is 26.4 Å². The van der Waals surface area contributed by atoms with E-state index in [1.54, 1.807) is 6.92 Å². The molecule has 192 valence electrons. The first-order valence-electron chi connectivity index (χ1n) is 11.7. The number of aliphatic hydroxyl groups is 2. The van der Waals surface area contributed by atoms with E-state index < -0.39 is 31.9 Å². The van der Waals surface area contributed by atoms with Crippen LogP contribution in [0.15, 0.2) is 91.0 Å². The Morgan fingerprint density at radius 3 is 1.67 bits per heavy atom. The van der Waals surface area contributed by atoms with Gasteiger partial charge in [-0.1, -0.05) is 91.0 Å². The third-order valence-electron chi connectivity index (χ3n) is 6.04. The number of aliphatic hydroxyl groups excluding tert-OH is 2. The maximum atomic E-state index is 13.6. The highest BCUT2D eigenvalue weighted by molar-refractivity contribution is 7.48. The lowest BCUT2D eigenvalue weighted by molar-refractivity contribution is -0.133. The fourth-order valence-corrected chi connectivity index (χ4v) is 4.93. The van der Waals surface area contributed by atoms with Gasteiger partial charge in [-0.2, -0.15) is 0 Å². The monoisotopic (exact) mass is 514 g/mol. The Morgan fingerprint density at radius 2 is 1.19 bits per heavy atom. The van der Waals surface area contributed by atoms with E-state index in [0.717, 1.165) is 16.7 Å². The standard InChI is InChI=1S/C27H31O8P/c1-27(31-17-21-11-5-2-6-12-21)24(35-26(29)25(27)28)20-34-36(30,32-18-22-13-7-3-8-14-22)33-19-23-15-9-4-10-16-23/h2-16,24-26,28-29H,17-20H2,1H3/t24-,25+,26?,27-/m1/s1. The molecule has 0 aromatic heterocycles. The third-order valence-corrected chi connectivity index (χ3v) is 7.40. The molecule has 4 rings (SSSR count). The molecule has 0 spiro atoms. The molecule has 4 atom stereocenters. The van der Waals surface area contributed by atoms with Crippen molar-refractivity contribution in [3.05, 3.63) is 108 Å². The molecule has 1 unspecified atom stereocenters. The molecule has 0 radical (unpaired) electrons. The minimum absolute atomic E-state index is 0.00541. The van der Waals surface area contributed by atoms with Crippen LogP contribution >= 0.6 is 7.82 Å². The van der Waals surface area contributed by atoms with Gasteiger partial charge in [-0.05, 0) is 23.6 Å². The van der Waals surface area contributed by atoms with Crippen molar-refractivity contribution < 1.29 is 37.8 Å². The molecule has 3 aromatic carbocycles. The molecule has 9 heteroatoms. The highest BCUT2D eigenvalue weighted by Crippen LogP contribution is 2.52. The minimum Gasteiger partial charge on any atom is -0.385 e. The lowest BCUT2D eigenvalue weighted by Gasteiger charge is -2.32. The lowest BCUT2D eigenvalue weighted by atomic mass is 9.95. The predicted octanol–water partition coefficient (Wildman–Crippen LogP) is 4.60. The van der Waals surface area contributed by atoms with Gasteiger partial charge in [0.1, 0.15) is 17.8 Å². The average Bonchev–Trinajstić information content (AvgIpc) is 3.14. The van der Waals surface area contributed by atoms with E-state index in [9.17, 15) is 14.8 Å². The second kappa shape index (κ2) is 12.2. The minimum atomic E-state index is -4.07. The second-order valence-corrected chi connectivity index (χ2v) is 10.3. The van der Waals surface area contributed by atoms with Crippen LogP contribution in [0, 0.1) is 0 Å². The number of hydrogen-bond acceptors (Lipinski definition) is 8. The van der Waals surface area contributed by atoms with Crippen LogP contribution in [0.4, 0.5) is 0 Å². The zero-order valence-corrected chi connectivity index (χ0v) is 20.9. The third kappa shape index (κ3) is 6.88. The van der Waals surface area contributed by atoms with E-state index in [1.807, 2.05) is 91.0 Å². The van der Waals surface area contributed by atoms with Gasteiger partial charge in [0.2, 0.25) is 0 Å². The Hall–Kier alpha value is -2.39. The zero-order valence-electron chi connectivity index (χ0n) is 20.0. The quantitative estimate of drug-likeness (QED) is 0.338. The van der Waals surface area contributed by atoms with Gasteiger partial charge in [-0.15, -0.1) is 0 Å². The van der Waals surface area contributed by atoms with E-state index >= 15 is 0 Å². The smallest absolute Gasteiger partial charge is 0.385 e. The van der Waals surface area contributed by atoms with Crippen LogP contribution in [0.5, 0.6) is 0 Å². The van der Waals surface area contributed by atoms with E-state index in [4.69, 9.17) is 23.0 Å². The van der Waals surface area contributed by atoms with Crippen LogP contribution in [0.2, 0.25) is 0 Å². The van der Waals surface area contributed by atoms with Crippen molar-refractivity contribution in [3.8, 4) is 0 Å². The Bertz CT molecular complexity index is 1070. The van der Waals surface area contributed by atoms with Crippen LogP contribution in [0.25, 0.3) is 0 Å². The Kier molecular flexibility index (Phi) is 9.06. The maximum Gasteiger partial charge on any atom is 0.475 e. The highest BCUT2D eigenvalue weighted by atomic mass is 31.2. The van der Waals surface area contributed by atoms with Crippen molar-refractivity contribution >= 4 is 7.82 Å². The van der Waals surface area contributed by atoms with E-state index in [2.05, 4.69) is 0 Å². The molecule has 0 aliphatic carbocycles. The Labute approximate surface area is 211 Å². The summed E-state index contributed by atoms with van der Waals surface area (Å²) in [5, 5.41) is 20.8. The van der Waals surface area contributed by atoms with Gasteiger partial charge in [0.15, 0.2) is 6.29 Å². The van der Waals surface area contributed by atoms with Gasteiger partial charge >= 0.3 is 7.82 Å². The normalized spacial score (nSPS) is 24.1. The molecule has 0 bridgehead atoms. The summed E-state index contributed by atoms with van der Waals surface area (Å²) in [6, 6.07) is 27.9. The number of phosphoric ester groups is 1. The van der Waals surface area contributed by atoms with Crippen LogP contribution in [-0.2, 0) is 47.4 Å². The molecular formula is C27H31O8P. The van der Waals surface area contributed by atoms with Crippen molar-refractivity contribution in [3.63, 3.8) is 0 Å². The van der Waals surface area contributed by atoms with Gasteiger partial charge in [0.25, 0.3) is 0 Å². The maximum absolute atomic E-state index is 13.6. The molecule has 1 aliphatic rings. The van der Waals surface area contributed by atoms with Crippen molar-refractivity contribution in [2.45, 2.75) is 50.8 Å². The molecule has 1 fully saturated rings. The van der Waals surface area contributed by atoms with E-state index in [0.29, 0.717) is 0 Å². The highest BCUT2D eigenvalue weighted by Gasteiger charge is 2.54. The van der Waals surface area contributed by atoms with Crippen molar-refractivity contribution in [2.75, 3.05) is 6.61 Å².